The van der Waals surface area contributed by atoms with Crippen molar-refractivity contribution in [3.05, 3.63) is 47.2 Å². The Morgan fingerprint density at radius 2 is 1.96 bits per heavy atom. The molecule has 0 aliphatic carbocycles. The predicted octanol–water partition coefficient (Wildman–Crippen LogP) is 3.33. The minimum atomic E-state index is -0.0216. The molecule has 1 aromatic carbocycles. The van der Waals surface area contributed by atoms with Gasteiger partial charge in [0.15, 0.2) is 11.5 Å². The highest BCUT2D eigenvalue weighted by Crippen LogP contribution is 2.24. The molecule has 1 aromatic heterocycles. The summed E-state index contributed by atoms with van der Waals surface area (Å²) in [6.07, 6.45) is 3.10. The molecular weight excluding hydrogens is 288 g/mol. The summed E-state index contributed by atoms with van der Waals surface area (Å²) in [5.41, 5.74) is 3.90. The first kappa shape index (κ1) is 15.5. The molecule has 0 bridgehead atoms. The summed E-state index contributed by atoms with van der Waals surface area (Å²) >= 11 is 0. The first-order valence-electron chi connectivity index (χ1n) is 8.17. The third kappa shape index (κ3) is 3.33. The van der Waals surface area contributed by atoms with Crippen LogP contribution in [0.1, 0.15) is 41.4 Å². The van der Waals surface area contributed by atoms with Gasteiger partial charge in [0.25, 0.3) is 5.91 Å². The molecule has 5 heteroatoms. The molecule has 1 amide bonds. The van der Waals surface area contributed by atoms with Crippen LogP contribution in [0.2, 0.25) is 0 Å². The quantitative estimate of drug-likeness (QED) is 0.941. The first-order chi connectivity index (χ1) is 11.2. The number of carbonyl (C=O) groups excluding carboxylic acids is 1. The highest BCUT2D eigenvalue weighted by atomic mass is 16.2. The van der Waals surface area contributed by atoms with E-state index in [1.54, 1.807) is 6.07 Å². The molecule has 23 heavy (non-hydrogen) atoms. The number of hydrogen-bond acceptors (Lipinski definition) is 4. The van der Waals surface area contributed by atoms with Crippen molar-refractivity contribution in [3.8, 4) is 0 Å². The highest BCUT2D eigenvalue weighted by Gasteiger charge is 2.20. The lowest BCUT2D eigenvalue weighted by molar-refractivity contribution is 0.0786. The summed E-state index contributed by atoms with van der Waals surface area (Å²) < 4.78 is 0. The van der Waals surface area contributed by atoms with E-state index in [1.807, 2.05) is 11.0 Å². The summed E-state index contributed by atoms with van der Waals surface area (Å²) in [5.74, 6) is 0.638. The minimum Gasteiger partial charge on any atom is -0.338 e. The molecule has 0 unspecified atom stereocenters. The monoisotopic (exact) mass is 310 g/mol. The summed E-state index contributed by atoms with van der Waals surface area (Å²) in [5, 5.41) is 11.6. The Bertz CT molecular complexity index is 691. The lowest BCUT2D eigenvalue weighted by Crippen LogP contribution is -2.28. The second-order valence-corrected chi connectivity index (χ2v) is 5.89. The fourth-order valence-corrected chi connectivity index (χ4v) is 2.93. The fourth-order valence-electron chi connectivity index (χ4n) is 2.93. The number of amides is 1. The zero-order valence-electron chi connectivity index (χ0n) is 13.7. The normalized spacial score (nSPS) is 14.1. The number of nitrogens with zero attached hydrogens (tertiary/aromatic N) is 3. The number of likely N-dealkylation sites (tertiary alicyclic amines) is 1. The zero-order valence-corrected chi connectivity index (χ0v) is 13.7. The van der Waals surface area contributed by atoms with Crippen LogP contribution in [0.5, 0.6) is 0 Å². The van der Waals surface area contributed by atoms with Gasteiger partial charge in [-0.15, -0.1) is 10.2 Å². The van der Waals surface area contributed by atoms with E-state index in [1.165, 1.54) is 11.1 Å². The van der Waals surface area contributed by atoms with Gasteiger partial charge in [0, 0.05) is 18.8 Å². The highest BCUT2D eigenvalue weighted by molar-refractivity contribution is 5.92. The second-order valence-electron chi connectivity index (χ2n) is 5.89. The molecule has 3 rings (SSSR count). The lowest BCUT2D eigenvalue weighted by Gasteiger charge is -2.15. The maximum atomic E-state index is 12.3. The van der Waals surface area contributed by atoms with Crippen LogP contribution in [-0.2, 0) is 6.42 Å². The van der Waals surface area contributed by atoms with Crippen LogP contribution >= 0.6 is 0 Å². The van der Waals surface area contributed by atoms with Crippen molar-refractivity contribution in [2.75, 3.05) is 18.4 Å². The number of benzene rings is 1. The van der Waals surface area contributed by atoms with E-state index in [2.05, 4.69) is 47.6 Å². The van der Waals surface area contributed by atoms with E-state index in [0.717, 1.165) is 38.0 Å². The Kier molecular flexibility index (Phi) is 4.55. The molecule has 2 heterocycles. The largest absolute Gasteiger partial charge is 0.338 e. The summed E-state index contributed by atoms with van der Waals surface area (Å²) in [6.45, 7) is 5.84. The van der Waals surface area contributed by atoms with E-state index in [4.69, 9.17) is 0 Å². The Balaban J connectivity index is 1.76. The van der Waals surface area contributed by atoms with E-state index in [-0.39, 0.29) is 5.91 Å². The standard InChI is InChI=1S/C18H22N4O/c1-3-14-8-6-7-13(2)17(14)19-16-10-9-15(20-21-16)18(23)22-11-4-5-12-22/h6-10H,3-5,11-12H2,1-2H3,(H,19,21). The smallest absolute Gasteiger partial charge is 0.274 e. The first-order valence-corrected chi connectivity index (χ1v) is 8.17. The molecule has 1 fully saturated rings. The second kappa shape index (κ2) is 6.77. The van der Waals surface area contributed by atoms with Crippen LogP contribution in [0.3, 0.4) is 0 Å². The SMILES string of the molecule is CCc1cccc(C)c1Nc1ccc(C(=O)N2CCCC2)nn1. The zero-order chi connectivity index (χ0) is 16.2. The molecule has 0 spiro atoms. The van der Waals surface area contributed by atoms with Gasteiger partial charge in [-0.3, -0.25) is 4.79 Å². The van der Waals surface area contributed by atoms with Gasteiger partial charge < -0.3 is 10.2 Å². The number of rotatable bonds is 4. The number of aryl methyl sites for hydroxylation is 2. The molecule has 0 saturated carbocycles. The Morgan fingerprint density at radius 1 is 1.17 bits per heavy atom. The van der Waals surface area contributed by atoms with Crippen LogP contribution in [0.25, 0.3) is 0 Å². The summed E-state index contributed by atoms with van der Waals surface area (Å²) in [7, 11) is 0. The molecule has 1 saturated heterocycles. The molecule has 120 valence electrons. The van der Waals surface area contributed by atoms with Gasteiger partial charge in [0.2, 0.25) is 0 Å². The molecule has 1 aliphatic rings. The number of nitrogens with one attached hydrogen (secondary N) is 1. The van der Waals surface area contributed by atoms with Gasteiger partial charge in [0.05, 0.1) is 0 Å². The van der Waals surface area contributed by atoms with E-state index in [0.29, 0.717) is 11.5 Å². The van der Waals surface area contributed by atoms with E-state index >= 15 is 0 Å². The van der Waals surface area contributed by atoms with Crippen molar-refractivity contribution < 1.29 is 4.79 Å². The van der Waals surface area contributed by atoms with Gasteiger partial charge in [-0.1, -0.05) is 25.1 Å². The Labute approximate surface area is 136 Å². The van der Waals surface area contributed by atoms with Crippen LogP contribution < -0.4 is 5.32 Å². The molecule has 0 radical (unpaired) electrons. The van der Waals surface area contributed by atoms with Crippen LogP contribution in [0.15, 0.2) is 30.3 Å². The minimum absolute atomic E-state index is 0.0216. The third-order valence-electron chi connectivity index (χ3n) is 4.27. The van der Waals surface area contributed by atoms with Crippen molar-refractivity contribution in [1.82, 2.24) is 15.1 Å². The molecular formula is C18H22N4O. The molecule has 2 aromatic rings. The van der Waals surface area contributed by atoms with Crippen LogP contribution in [0, 0.1) is 6.92 Å². The lowest BCUT2D eigenvalue weighted by atomic mass is 10.1. The van der Waals surface area contributed by atoms with Gasteiger partial charge in [0.1, 0.15) is 0 Å². The number of aromatic nitrogens is 2. The predicted molar refractivity (Wildman–Crippen MR) is 91.0 cm³/mol. The van der Waals surface area contributed by atoms with Gasteiger partial charge >= 0.3 is 0 Å². The van der Waals surface area contributed by atoms with Gasteiger partial charge in [-0.05, 0) is 49.4 Å². The number of hydrogen-bond donors (Lipinski definition) is 1. The average Bonchev–Trinajstić information content (AvgIpc) is 3.11. The van der Waals surface area contributed by atoms with E-state index in [9.17, 15) is 4.79 Å². The fraction of sp³-hybridized carbons (Fsp3) is 0.389. The number of para-hydroxylation sites is 1. The number of anilines is 2. The topological polar surface area (TPSA) is 58.1 Å². The summed E-state index contributed by atoms with van der Waals surface area (Å²) in [6, 6.07) is 9.80. The van der Waals surface area contributed by atoms with E-state index < -0.39 is 0 Å². The van der Waals surface area contributed by atoms with Crippen molar-refractivity contribution in [2.45, 2.75) is 33.1 Å². The van der Waals surface area contributed by atoms with Crippen molar-refractivity contribution in [3.63, 3.8) is 0 Å². The van der Waals surface area contributed by atoms with Crippen molar-refractivity contribution in [2.24, 2.45) is 0 Å². The molecule has 5 nitrogen and oxygen atoms in total. The maximum Gasteiger partial charge on any atom is 0.274 e. The molecule has 1 N–H and O–H groups in total. The van der Waals surface area contributed by atoms with Gasteiger partial charge in [-0.2, -0.15) is 0 Å². The van der Waals surface area contributed by atoms with Gasteiger partial charge in [-0.25, -0.2) is 0 Å². The average molecular weight is 310 g/mol. The third-order valence-corrected chi connectivity index (χ3v) is 4.27. The maximum absolute atomic E-state index is 12.3. The molecule has 0 atom stereocenters. The van der Waals surface area contributed by atoms with Crippen LogP contribution in [0.4, 0.5) is 11.5 Å². The Hall–Kier alpha value is -2.43. The van der Waals surface area contributed by atoms with Crippen molar-refractivity contribution in [1.29, 1.82) is 0 Å². The molecule has 1 aliphatic heterocycles. The number of carbonyl (C=O) groups is 1. The van der Waals surface area contributed by atoms with Crippen molar-refractivity contribution >= 4 is 17.4 Å². The summed E-state index contributed by atoms with van der Waals surface area (Å²) in [4.78, 5) is 14.1. The Morgan fingerprint density at radius 3 is 2.61 bits per heavy atom. The van der Waals surface area contributed by atoms with Crippen LogP contribution in [-0.4, -0.2) is 34.1 Å².